The van der Waals surface area contributed by atoms with Crippen LogP contribution in [0, 0.1) is 18.6 Å². The highest BCUT2D eigenvalue weighted by Gasteiger charge is 2.43. The fourth-order valence-corrected chi connectivity index (χ4v) is 8.45. The minimum absolute atomic E-state index is 0.00160. The molecule has 18 heteroatoms. The van der Waals surface area contributed by atoms with Gasteiger partial charge in [-0.25, -0.2) is 23.7 Å². The molecule has 6 aromatic rings. The zero-order valence-electron chi connectivity index (χ0n) is 36.2. The molecule has 0 aliphatic carbocycles. The molecule has 0 bridgehead atoms. The van der Waals surface area contributed by atoms with E-state index in [1.165, 1.54) is 13.3 Å². The molecule has 2 aliphatic heterocycles. The third-order valence-electron chi connectivity index (χ3n) is 11.3. The highest BCUT2D eigenvalue weighted by Crippen LogP contribution is 2.51. The maximum Gasteiger partial charge on any atom is 0.418 e. The van der Waals surface area contributed by atoms with Crippen molar-refractivity contribution in [2.24, 2.45) is 4.99 Å². The third kappa shape index (κ3) is 9.07. The van der Waals surface area contributed by atoms with E-state index >= 15 is 8.78 Å². The van der Waals surface area contributed by atoms with Gasteiger partial charge < -0.3 is 39.4 Å². The number of nitrogens with zero attached hydrogens (tertiary/aromatic N) is 5. The lowest BCUT2D eigenvalue weighted by Gasteiger charge is -2.34. The summed E-state index contributed by atoms with van der Waals surface area (Å²) in [6.07, 6.45) is -2.09. The Bertz CT molecular complexity index is 2780. The molecule has 342 valence electrons. The Morgan fingerprint density at radius 2 is 1.41 bits per heavy atom. The van der Waals surface area contributed by atoms with E-state index in [1.54, 1.807) is 55.6 Å². The van der Waals surface area contributed by atoms with Gasteiger partial charge >= 0.3 is 6.18 Å². The molecule has 0 amide bonds. The fraction of sp³-hybridized carbons (Fsp3) is 0.229. The Morgan fingerprint density at radius 3 is 1.97 bits per heavy atom. The van der Waals surface area contributed by atoms with Crippen molar-refractivity contribution in [3.05, 3.63) is 158 Å². The maximum absolute atomic E-state index is 17.4. The summed E-state index contributed by atoms with van der Waals surface area (Å²) in [6.45, 7) is 3.53. The van der Waals surface area contributed by atoms with E-state index in [0.717, 1.165) is 18.1 Å². The van der Waals surface area contributed by atoms with Crippen molar-refractivity contribution < 1.29 is 40.9 Å². The van der Waals surface area contributed by atoms with E-state index in [9.17, 15) is 13.2 Å². The minimum Gasteiger partial charge on any atom is -0.497 e. The summed E-state index contributed by atoms with van der Waals surface area (Å²) in [4.78, 5) is 17.5. The summed E-state index contributed by atoms with van der Waals surface area (Å²) in [5.41, 5.74) is -0.784. The van der Waals surface area contributed by atoms with Crippen molar-refractivity contribution in [1.82, 2.24) is 14.9 Å². The van der Waals surface area contributed by atoms with Crippen LogP contribution in [0.15, 0.2) is 108 Å². The van der Waals surface area contributed by atoms with Gasteiger partial charge in [-0.1, -0.05) is 54.1 Å². The minimum atomic E-state index is -5.19. The molecule has 0 radical (unpaired) electrons. The number of methoxy groups -OCH3 is 3. The first-order chi connectivity index (χ1) is 31.7. The SMILES string of the molecule is COc1ccc(CNc2nc(-c3c(F)c4c5c(c3Cl)NCN=C5N(C(C)c3cccnc3N(Cc3ccc(OC)cc3)Cc3ccc(OC)cc3)C=C(Cl)O4)c(C(F)(F)F)c(C)c2F)cc1. The maximum atomic E-state index is 17.4. The van der Waals surface area contributed by atoms with Gasteiger partial charge in [-0.05, 0) is 84.6 Å². The molecular weight excluding hydrogens is 904 g/mol. The smallest absolute Gasteiger partial charge is 0.418 e. The van der Waals surface area contributed by atoms with Crippen LogP contribution in [-0.4, -0.2) is 48.7 Å². The zero-order chi connectivity index (χ0) is 46.9. The van der Waals surface area contributed by atoms with Gasteiger partial charge in [-0.2, -0.15) is 13.2 Å². The van der Waals surface area contributed by atoms with Gasteiger partial charge in [0.2, 0.25) is 5.22 Å². The van der Waals surface area contributed by atoms with Crippen LogP contribution in [0.4, 0.5) is 39.3 Å². The zero-order valence-corrected chi connectivity index (χ0v) is 37.7. The van der Waals surface area contributed by atoms with Gasteiger partial charge in [0.15, 0.2) is 23.2 Å². The summed E-state index contributed by atoms with van der Waals surface area (Å²) in [7, 11) is 4.70. The van der Waals surface area contributed by atoms with Crippen molar-refractivity contribution in [1.29, 1.82) is 0 Å². The summed E-state index contributed by atoms with van der Waals surface area (Å²) in [6, 6.07) is 25.2. The fourth-order valence-electron chi connectivity index (χ4n) is 7.94. The summed E-state index contributed by atoms with van der Waals surface area (Å²) >= 11 is 13.8. The van der Waals surface area contributed by atoms with Crippen molar-refractivity contribution in [3.63, 3.8) is 0 Å². The number of halogens is 7. The molecule has 0 spiro atoms. The predicted molar refractivity (Wildman–Crippen MR) is 245 cm³/mol. The Hall–Kier alpha value is -6.78. The standard InChI is InChI=1S/C48H42Cl2F5N7O4/c1-26-38(48(53,54)55)42(60-45(40(26)51)57-21-28-8-14-31(63-3)15-9-28)36-39(50)43-37-44(41(36)52)66-35(49)24-62(47(37)59-25-58-43)27(2)34-7-6-20-56-46(34)61(22-29-10-16-32(64-4)17-11-29)23-30-12-18-33(65-5)19-13-30/h6-20,24,27,58H,21-23,25H2,1-5H3,(H,57,60). The first-order valence-electron chi connectivity index (χ1n) is 20.5. The highest BCUT2D eigenvalue weighted by molar-refractivity contribution is 6.37. The number of alkyl halides is 3. The van der Waals surface area contributed by atoms with Crippen LogP contribution in [0.2, 0.25) is 5.02 Å². The lowest BCUT2D eigenvalue weighted by atomic mass is 9.95. The molecule has 4 heterocycles. The molecule has 4 aromatic carbocycles. The number of hydrogen-bond acceptors (Lipinski definition) is 11. The van der Waals surface area contributed by atoms with Crippen molar-refractivity contribution in [2.45, 2.75) is 45.7 Å². The van der Waals surface area contributed by atoms with Crippen molar-refractivity contribution in [2.75, 3.05) is 43.5 Å². The molecule has 2 aromatic heterocycles. The molecule has 0 fully saturated rings. The largest absolute Gasteiger partial charge is 0.497 e. The molecule has 0 saturated carbocycles. The monoisotopic (exact) mass is 945 g/mol. The van der Waals surface area contributed by atoms with Crippen LogP contribution in [-0.2, 0) is 25.8 Å². The van der Waals surface area contributed by atoms with Crippen LogP contribution >= 0.6 is 23.2 Å². The molecule has 2 aliphatic rings. The number of aliphatic imine (C=N–C) groups is 1. The Morgan fingerprint density at radius 1 is 0.833 bits per heavy atom. The number of benzene rings is 4. The van der Waals surface area contributed by atoms with E-state index < -0.39 is 62.8 Å². The molecule has 11 nitrogen and oxygen atoms in total. The second kappa shape index (κ2) is 19.0. The number of ether oxygens (including phenoxy) is 4. The second-order valence-corrected chi connectivity index (χ2v) is 16.1. The molecular formula is C48H42Cl2F5N7O4. The highest BCUT2D eigenvalue weighted by atomic mass is 35.5. The molecule has 1 atom stereocenters. The van der Waals surface area contributed by atoms with Gasteiger partial charge in [0.1, 0.15) is 35.6 Å². The Kier molecular flexibility index (Phi) is 13.2. The number of pyridine rings is 2. The normalized spacial score (nSPS) is 13.6. The van der Waals surface area contributed by atoms with Gasteiger partial charge in [0, 0.05) is 37.0 Å². The number of anilines is 3. The third-order valence-corrected chi connectivity index (χ3v) is 11.8. The van der Waals surface area contributed by atoms with E-state index in [4.69, 9.17) is 52.1 Å². The number of amidine groups is 1. The van der Waals surface area contributed by atoms with Crippen LogP contribution in [0.1, 0.15) is 51.9 Å². The Balaban J connectivity index is 1.21. The number of rotatable bonds is 14. The lowest BCUT2D eigenvalue weighted by Crippen LogP contribution is -2.34. The van der Waals surface area contributed by atoms with Crippen LogP contribution in [0.3, 0.4) is 0 Å². The van der Waals surface area contributed by atoms with E-state index in [0.29, 0.717) is 47.3 Å². The van der Waals surface area contributed by atoms with Crippen LogP contribution in [0.25, 0.3) is 11.3 Å². The van der Waals surface area contributed by atoms with Crippen LogP contribution in [0.5, 0.6) is 23.0 Å². The quantitative estimate of drug-likeness (QED) is 0.103. The van der Waals surface area contributed by atoms with E-state index in [2.05, 4.69) is 20.5 Å². The number of aromatic nitrogens is 2. The molecule has 2 N–H and O–H groups in total. The molecule has 8 rings (SSSR count). The number of hydrogen-bond donors (Lipinski definition) is 2. The average Bonchev–Trinajstić information content (AvgIpc) is 3.47. The van der Waals surface area contributed by atoms with Crippen molar-refractivity contribution >= 4 is 46.4 Å². The summed E-state index contributed by atoms with van der Waals surface area (Å²) in [5, 5.41) is 4.95. The summed E-state index contributed by atoms with van der Waals surface area (Å²) < 4.78 is 100. The van der Waals surface area contributed by atoms with Gasteiger partial charge in [0.25, 0.3) is 0 Å². The van der Waals surface area contributed by atoms with Gasteiger partial charge in [-0.3, -0.25) is 0 Å². The number of nitrogens with one attached hydrogen (secondary N) is 2. The van der Waals surface area contributed by atoms with Gasteiger partial charge in [0.05, 0.1) is 66.7 Å². The lowest BCUT2D eigenvalue weighted by molar-refractivity contribution is -0.137. The second-order valence-electron chi connectivity index (χ2n) is 15.3. The van der Waals surface area contributed by atoms with E-state index in [-0.39, 0.29) is 35.5 Å². The topological polar surface area (TPSA) is 106 Å². The molecule has 1 unspecified atom stereocenters. The first kappa shape index (κ1) is 45.8. The predicted octanol–water partition coefficient (Wildman–Crippen LogP) is 11.9. The van der Waals surface area contributed by atoms with E-state index in [1.807, 2.05) is 61.5 Å². The van der Waals surface area contributed by atoms with Gasteiger partial charge in [-0.15, -0.1) is 0 Å². The molecule has 0 saturated heterocycles. The average molecular weight is 947 g/mol. The van der Waals surface area contributed by atoms with Crippen molar-refractivity contribution in [3.8, 4) is 34.3 Å². The molecule has 66 heavy (non-hydrogen) atoms. The first-order valence-corrected chi connectivity index (χ1v) is 21.2. The van der Waals surface area contributed by atoms with Crippen LogP contribution < -0.4 is 34.5 Å². The summed E-state index contributed by atoms with van der Waals surface area (Å²) in [5.74, 6) is -0.975. The Labute approximate surface area is 387 Å².